The molecule has 0 radical (unpaired) electrons. The third kappa shape index (κ3) is 4.61. The molecule has 0 aliphatic rings. The van der Waals surface area contributed by atoms with E-state index in [4.69, 9.17) is 16.3 Å². The molecule has 0 fully saturated rings. The van der Waals surface area contributed by atoms with Gasteiger partial charge in [-0.2, -0.15) is 13.2 Å². The van der Waals surface area contributed by atoms with E-state index in [-0.39, 0.29) is 16.5 Å². The maximum Gasteiger partial charge on any atom is 0.416 e. The first-order valence-corrected chi connectivity index (χ1v) is 7.14. The summed E-state index contributed by atoms with van der Waals surface area (Å²) in [6.45, 7) is 1.40. The molecule has 128 valence electrons. The lowest BCUT2D eigenvalue weighted by atomic mass is 10.2. The molecule has 24 heavy (non-hydrogen) atoms. The second-order valence-electron chi connectivity index (χ2n) is 4.90. The highest BCUT2D eigenvalue weighted by Gasteiger charge is 2.31. The van der Waals surface area contributed by atoms with Crippen LogP contribution in [0.15, 0.2) is 42.5 Å². The quantitative estimate of drug-likeness (QED) is 0.786. The first kappa shape index (κ1) is 18.1. The molecule has 0 bridgehead atoms. The van der Waals surface area contributed by atoms with E-state index in [1.807, 2.05) is 0 Å². The number of benzene rings is 2. The topological polar surface area (TPSA) is 38.3 Å². The molecule has 0 aliphatic carbocycles. The van der Waals surface area contributed by atoms with Gasteiger partial charge < -0.3 is 10.1 Å². The van der Waals surface area contributed by atoms with Gasteiger partial charge in [0, 0.05) is 0 Å². The van der Waals surface area contributed by atoms with E-state index in [1.54, 1.807) is 0 Å². The molecule has 0 aromatic heterocycles. The van der Waals surface area contributed by atoms with Crippen LogP contribution in [-0.2, 0) is 11.0 Å². The highest BCUT2D eigenvalue weighted by Crippen LogP contribution is 2.33. The van der Waals surface area contributed by atoms with E-state index in [0.29, 0.717) is 0 Å². The minimum absolute atomic E-state index is 0.0367. The van der Waals surface area contributed by atoms with Crippen LogP contribution in [0.4, 0.5) is 23.2 Å². The molecule has 3 nitrogen and oxygen atoms in total. The van der Waals surface area contributed by atoms with Crippen molar-refractivity contribution in [3.8, 4) is 5.75 Å². The Balaban J connectivity index is 2.09. The van der Waals surface area contributed by atoms with Crippen LogP contribution < -0.4 is 10.1 Å². The van der Waals surface area contributed by atoms with Gasteiger partial charge in [-0.1, -0.05) is 11.6 Å². The molecule has 1 atom stereocenters. The van der Waals surface area contributed by atoms with Crippen LogP contribution in [0.2, 0.25) is 5.02 Å². The molecule has 2 aromatic carbocycles. The van der Waals surface area contributed by atoms with Crippen LogP contribution in [0.3, 0.4) is 0 Å². The average Bonchev–Trinajstić information content (AvgIpc) is 2.50. The van der Waals surface area contributed by atoms with E-state index in [2.05, 4.69) is 5.32 Å². The number of alkyl halides is 3. The molecular weight excluding hydrogens is 350 g/mol. The van der Waals surface area contributed by atoms with Gasteiger partial charge in [0.2, 0.25) is 0 Å². The average molecular weight is 362 g/mol. The molecule has 0 saturated carbocycles. The van der Waals surface area contributed by atoms with E-state index < -0.39 is 29.6 Å². The number of hydrogen-bond acceptors (Lipinski definition) is 2. The number of rotatable bonds is 4. The van der Waals surface area contributed by atoms with Crippen molar-refractivity contribution in [3.63, 3.8) is 0 Å². The summed E-state index contributed by atoms with van der Waals surface area (Å²) in [7, 11) is 0. The lowest BCUT2D eigenvalue weighted by molar-refractivity contribution is -0.137. The third-order valence-electron chi connectivity index (χ3n) is 3.05. The molecule has 0 saturated heterocycles. The summed E-state index contributed by atoms with van der Waals surface area (Å²) in [5, 5.41) is 2.25. The Bertz CT molecular complexity index is 732. The monoisotopic (exact) mass is 361 g/mol. The maximum atomic E-state index is 12.8. The van der Waals surface area contributed by atoms with Crippen molar-refractivity contribution in [3.05, 3.63) is 58.9 Å². The van der Waals surface area contributed by atoms with Gasteiger partial charge in [0.15, 0.2) is 6.10 Å². The molecule has 1 amide bonds. The van der Waals surface area contributed by atoms with Crippen LogP contribution in [0.5, 0.6) is 5.75 Å². The summed E-state index contributed by atoms with van der Waals surface area (Å²) in [5.41, 5.74) is -1.11. The number of carbonyl (C=O) groups excluding carboxylic acids is 1. The fraction of sp³-hybridized carbons (Fsp3) is 0.188. The molecule has 0 aliphatic heterocycles. The molecular formula is C16H12ClF4NO2. The predicted molar refractivity (Wildman–Crippen MR) is 81.6 cm³/mol. The summed E-state index contributed by atoms with van der Waals surface area (Å²) in [5.74, 6) is -0.912. The Hall–Kier alpha value is -2.28. The standard InChI is InChI=1S/C16H12ClF4NO2/c1-9(24-12-5-3-11(18)4-6-12)15(23)22-14-8-10(16(19,20)21)2-7-13(14)17/h2-9H,1H3,(H,22,23)/t9-/m0/s1. The Kier molecular flexibility index (Phi) is 5.33. The van der Waals surface area contributed by atoms with Crippen LogP contribution in [0.25, 0.3) is 0 Å². The fourth-order valence-electron chi connectivity index (χ4n) is 1.80. The number of carbonyl (C=O) groups is 1. The highest BCUT2D eigenvalue weighted by molar-refractivity contribution is 6.33. The number of hydrogen-bond donors (Lipinski definition) is 1. The normalized spacial score (nSPS) is 12.6. The van der Waals surface area contributed by atoms with Gasteiger partial charge >= 0.3 is 6.18 Å². The van der Waals surface area contributed by atoms with Gasteiger partial charge in [0.1, 0.15) is 11.6 Å². The van der Waals surface area contributed by atoms with Crippen molar-refractivity contribution >= 4 is 23.2 Å². The predicted octanol–water partition coefficient (Wildman–Crippen LogP) is 4.90. The zero-order valence-corrected chi connectivity index (χ0v) is 13.1. The fourth-order valence-corrected chi connectivity index (χ4v) is 1.97. The van der Waals surface area contributed by atoms with E-state index in [1.165, 1.54) is 19.1 Å². The molecule has 2 aromatic rings. The number of anilines is 1. The Labute approximate surface area is 140 Å². The number of halogens is 5. The van der Waals surface area contributed by atoms with Crippen molar-refractivity contribution in [2.75, 3.05) is 5.32 Å². The smallest absolute Gasteiger partial charge is 0.416 e. The van der Waals surface area contributed by atoms with Crippen LogP contribution in [0, 0.1) is 5.82 Å². The van der Waals surface area contributed by atoms with Gasteiger partial charge in [-0.3, -0.25) is 4.79 Å². The third-order valence-corrected chi connectivity index (χ3v) is 3.38. The lowest BCUT2D eigenvalue weighted by Crippen LogP contribution is -2.30. The SMILES string of the molecule is C[C@H](Oc1ccc(F)cc1)C(=O)Nc1cc(C(F)(F)F)ccc1Cl. The molecule has 0 heterocycles. The first-order valence-electron chi connectivity index (χ1n) is 6.76. The summed E-state index contributed by atoms with van der Waals surface area (Å²) in [6, 6.07) is 7.58. The van der Waals surface area contributed by atoms with Crippen LogP contribution >= 0.6 is 11.6 Å². The summed E-state index contributed by atoms with van der Waals surface area (Å²) < 4.78 is 56.2. The van der Waals surface area contributed by atoms with Crippen LogP contribution in [-0.4, -0.2) is 12.0 Å². The van der Waals surface area contributed by atoms with Crippen molar-refractivity contribution in [1.29, 1.82) is 0 Å². The van der Waals surface area contributed by atoms with Crippen molar-refractivity contribution < 1.29 is 27.1 Å². The van der Waals surface area contributed by atoms with Crippen molar-refractivity contribution in [1.82, 2.24) is 0 Å². The molecule has 1 N–H and O–H groups in total. The van der Waals surface area contributed by atoms with Crippen LogP contribution in [0.1, 0.15) is 12.5 Å². The van der Waals surface area contributed by atoms with E-state index in [9.17, 15) is 22.4 Å². The van der Waals surface area contributed by atoms with Gasteiger partial charge in [-0.05, 0) is 49.4 Å². The Morgan fingerprint density at radius 3 is 2.38 bits per heavy atom. The molecule has 2 rings (SSSR count). The number of nitrogens with one attached hydrogen (secondary N) is 1. The summed E-state index contributed by atoms with van der Waals surface area (Å²) in [4.78, 5) is 12.0. The number of amides is 1. The van der Waals surface area contributed by atoms with E-state index in [0.717, 1.165) is 30.3 Å². The largest absolute Gasteiger partial charge is 0.481 e. The highest BCUT2D eigenvalue weighted by atomic mass is 35.5. The zero-order chi connectivity index (χ0) is 17.9. The molecule has 0 spiro atoms. The zero-order valence-electron chi connectivity index (χ0n) is 12.3. The molecule has 0 unspecified atom stereocenters. The second-order valence-corrected chi connectivity index (χ2v) is 5.30. The van der Waals surface area contributed by atoms with Gasteiger partial charge in [-0.25, -0.2) is 4.39 Å². The minimum atomic E-state index is -4.56. The number of ether oxygens (including phenoxy) is 1. The summed E-state index contributed by atoms with van der Waals surface area (Å²) in [6.07, 6.45) is -5.58. The minimum Gasteiger partial charge on any atom is -0.481 e. The van der Waals surface area contributed by atoms with Gasteiger partial charge in [0.25, 0.3) is 5.91 Å². The van der Waals surface area contributed by atoms with Gasteiger partial charge in [-0.15, -0.1) is 0 Å². The van der Waals surface area contributed by atoms with Gasteiger partial charge in [0.05, 0.1) is 16.3 Å². The van der Waals surface area contributed by atoms with Crippen molar-refractivity contribution in [2.24, 2.45) is 0 Å². The first-order chi connectivity index (χ1) is 11.2. The Morgan fingerprint density at radius 1 is 1.17 bits per heavy atom. The Morgan fingerprint density at radius 2 is 1.79 bits per heavy atom. The van der Waals surface area contributed by atoms with E-state index >= 15 is 0 Å². The molecule has 8 heteroatoms. The maximum absolute atomic E-state index is 12.8. The summed E-state index contributed by atoms with van der Waals surface area (Å²) >= 11 is 5.81. The lowest BCUT2D eigenvalue weighted by Gasteiger charge is -2.16. The van der Waals surface area contributed by atoms with Crippen molar-refractivity contribution in [2.45, 2.75) is 19.2 Å². The second kappa shape index (κ2) is 7.09.